The molecule has 0 radical (unpaired) electrons. The third kappa shape index (κ3) is 3.61. The van der Waals surface area contributed by atoms with E-state index in [4.69, 9.17) is 16.3 Å². The van der Waals surface area contributed by atoms with E-state index < -0.39 is 5.82 Å². The van der Waals surface area contributed by atoms with E-state index in [1.165, 1.54) is 6.07 Å². The van der Waals surface area contributed by atoms with E-state index >= 15 is 0 Å². The van der Waals surface area contributed by atoms with Gasteiger partial charge in [0.25, 0.3) is 0 Å². The van der Waals surface area contributed by atoms with Crippen molar-refractivity contribution >= 4 is 28.3 Å². The smallest absolute Gasteiger partial charge is 0.242 e. The summed E-state index contributed by atoms with van der Waals surface area (Å²) in [5, 5.41) is 17.0. The molecule has 0 amide bonds. The van der Waals surface area contributed by atoms with Crippen LogP contribution in [0.5, 0.6) is 5.75 Å². The minimum absolute atomic E-state index is 0.0301. The molecule has 0 spiro atoms. The van der Waals surface area contributed by atoms with E-state index in [9.17, 15) is 4.39 Å². The Morgan fingerprint density at radius 2 is 1.93 bits per heavy atom. The summed E-state index contributed by atoms with van der Waals surface area (Å²) in [7, 11) is 1.75. The topological polar surface area (TPSA) is 64.9 Å². The van der Waals surface area contributed by atoms with E-state index in [2.05, 4.69) is 20.8 Å². The first-order valence-corrected chi connectivity index (χ1v) is 9.04. The fourth-order valence-electron chi connectivity index (χ4n) is 3.00. The Balaban J connectivity index is 1.66. The van der Waals surface area contributed by atoms with Crippen LogP contribution < -0.4 is 10.1 Å². The summed E-state index contributed by atoms with van der Waals surface area (Å²) in [6, 6.07) is 16.4. The zero-order valence-electron chi connectivity index (χ0n) is 15.1. The number of halogens is 2. The molecule has 1 N–H and O–H groups in total. The first-order valence-electron chi connectivity index (χ1n) is 8.66. The molecule has 0 unspecified atom stereocenters. The van der Waals surface area contributed by atoms with Crippen molar-refractivity contribution in [3.63, 3.8) is 0 Å². The summed E-state index contributed by atoms with van der Waals surface area (Å²) in [5.74, 6) is 0.787. The van der Waals surface area contributed by atoms with Crippen LogP contribution in [0.2, 0.25) is 5.02 Å². The molecule has 0 fully saturated rings. The van der Waals surface area contributed by atoms with Crippen molar-refractivity contribution in [1.82, 2.24) is 20.2 Å². The van der Waals surface area contributed by atoms with Crippen molar-refractivity contribution in [3.8, 4) is 5.75 Å². The van der Waals surface area contributed by atoms with Gasteiger partial charge in [0.05, 0.1) is 5.02 Å². The fraction of sp³-hybridized carbons (Fsp3) is 0.150. The van der Waals surface area contributed by atoms with Gasteiger partial charge in [0.15, 0.2) is 0 Å². The Hall–Kier alpha value is -3.19. The highest BCUT2D eigenvalue weighted by atomic mass is 35.5. The molecule has 0 aliphatic carbocycles. The van der Waals surface area contributed by atoms with Crippen molar-refractivity contribution in [2.45, 2.75) is 13.2 Å². The molecule has 0 saturated heterocycles. The second-order valence-corrected chi connectivity index (χ2v) is 6.64. The minimum Gasteiger partial charge on any atom is -0.488 e. The summed E-state index contributed by atoms with van der Waals surface area (Å²) in [6.45, 7) is 0.471. The quantitative estimate of drug-likeness (QED) is 0.524. The van der Waals surface area contributed by atoms with Gasteiger partial charge in [-0.15, -0.1) is 0 Å². The maximum atomic E-state index is 14.1. The number of ether oxygens (including phenoxy) is 1. The second-order valence-electron chi connectivity index (χ2n) is 6.23. The van der Waals surface area contributed by atoms with Crippen LogP contribution in [0.25, 0.3) is 10.8 Å². The number of aromatic nitrogens is 4. The summed E-state index contributed by atoms with van der Waals surface area (Å²) < 4.78 is 21.6. The van der Waals surface area contributed by atoms with Gasteiger partial charge in [0.2, 0.25) is 5.95 Å². The van der Waals surface area contributed by atoms with Crippen LogP contribution in [-0.4, -0.2) is 20.2 Å². The highest BCUT2D eigenvalue weighted by Crippen LogP contribution is 2.30. The normalized spacial score (nSPS) is 11.0. The Bertz CT molecular complexity index is 1110. The van der Waals surface area contributed by atoms with Crippen molar-refractivity contribution in [2.75, 3.05) is 5.32 Å². The number of hydrogen-bond donors (Lipinski definition) is 1. The highest BCUT2D eigenvalue weighted by Gasteiger charge is 2.13. The van der Waals surface area contributed by atoms with E-state index in [1.54, 1.807) is 23.9 Å². The predicted molar refractivity (Wildman–Crippen MR) is 106 cm³/mol. The van der Waals surface area contributed by atoms with Crippen LogP contribution in [0.3, 0.4) is 0 Å². The number of tetrazole rings is 1. The zero-order chi connectivity index (χ0) is 19.5. The molecule has 1 heterocycles. The van der Waals surface area contributed by atoms with Crippen LogP contribution in [0.15, 0.2) is 54.6 Å². The number of aryl methyl sites for hydroxylation is 1. The maximum Gasteiger partial charge on any atom is 0.242 e. The van der Waals surface area contributed by atoms with Crippen molar-refractivity contribution < 1.29 is 9.13 Å². The van der Waals surface area contributed by atoms with Gasteiger partial charge in [0, 0.05) is 24.7 Å². The lowest BCUT2D eigenvalue weighted by Gasteiger charge is -2.16. The first-order chi connectivity index (χ1) is 13.6. The van der Waals surface area contributed by atoms with E-state index in [1.807, 2.05) is 36.4 Å². The SMILES string of the molecule is Cn1nnnc1NCc1c(OCc2c(F)cccc2Cl)ccc2ccccc12. The molecular weight excluding hydrogens is 381 g/mol. The highest BCUT2D eigenvalue weighted by molar-refractivity contribution is 6.31. The molecule has 142 valence electrons. The number of hydrogen-bond acceptors (Lipinski definition) is 5. The third-order valence-corrected chi connectivity index (χ3v) is 4.83. The Morgan fingerprint density at radius 3 is 2.71 bits per heavy atom. The second kappa shape index (κ2) is 7.82. The number of rotatable bonds is 6. The molecule has 8 heteroatoms. The van der Waals surface area contributed by atoms with Crippen molar-refractivity contribution in [2.24, 2.45) is 7.05 Å². The molecule has 0 aliphatic heterocycles. The van der Waals surface area contributed by atoms with Gasteiger partial charge in [-0.05, 0) is 39.4 Å². The third-order valence-electron chi connectivity index (χ3n) is 4.47. The largest absolute Gasteiger partial charge is 0.488 e. The minimum atomic E-state index is -0.391. The monoisotopic (exact) mass is 397 g/mol. The van der Waals surface area contributed by atoms with E-state index in [0.717, 1.165) is 16.3 Å². The number of anilines is 1. The van der Waals surface area contributed by atoms with Gasteiger partial charge in [0.1, 0.15) is 18.2 Å². The Labute approximate surface area is 165 Å². The van der Waals surface area contributed by atoms with Crippen LogP contribution in [0, 0.1) is 5.82 Å². The maximum absolute atomic E-state index is 14.1. The average molecular weight is 398 g/mol. The molecule has 0 saturated carbocycles. The van der Waals surface area contributed by atoms with Gasteiger partial charge in [-0.1, -0.05) is 53.1 Å². The molecule has 1 aromatic heterocycles. The van der Waals surface area contributed by atoms with Crippen LogP contribution in [0.4, 0.5) is 10.3 Å². The van der Waals surface area contributed by atoms with E-state index in [0.29, 0.717) is 28.8 Å². The van der Waals surface area contributed by atoms with Crippen LogP contribution >= 0.6 is 11.6 Å². The van der Waals surface area contributed by atoms with E-state index in [-0.39, 0.29) is 6.61 Å². The van der Waals surface area contributed by atoms with Crippen LogP contribution in [0.1, 0.15) is 11.1 Å². The van der Waals surface area contributed by atoms with Gasteiger partial charge in [-0.2, -0.15) is 0 Å². The predicted octanol–water partition coefficient (Wildman–Crippen LogP) is 4.35. The summed E-state index contributed by atoms with van der Waals surface area (Å²) >= 11 is 6.12. The van der Waals surface area contributed by atoms with Gasteiger partial charge < -0.3 is 10.1 Å². The zero-order valence-corrected chi connectivity index (χ0v) is 15.8. The molecule has 3 aromatic carbocycles. The lowest BCUT2D eigenvalue weighted by atomic mass is 10.0. The number of nitrogens with one attached hydrogen (secondary N) is 1. The molecule has 0 atom stereocenters. The molecular formula is C20H17ClFN5O. The molecule has 28 heavy (non-hydrogen) atoms. The van der Waals surface area contributed by atoms with Gasteiger partial charge >= 0.3 is 0 Å². The van der Waals surface area contributed by atoms with Crippen molar-refractivity contribution in [1.29, 1.82) is 0 Å². The van der Waals surface area contributed by atoms with Gasteiger partial charge in [-0.3, -0.25) is 0 Å². The first kappa shape index (κ1) is 18.2. The molecule has 4 rings (SSSR count). The summed E-state index contributed by atoms with van der Waals surface area (Å²) in [5.41, 5.74) is 1.25. The Morgan fingerprint density at radius 1 is 1.07 bits per heavy atom. The summed E-state index contributed by atoms with van der Waals surface area (Å²) in [6.07, 6.45) is 0. The average Bonchev–Trinajstić information content (AvgIpc) is 3.11. The number of nitrogens with zero attached hydrogens (tertiary/aromatic N) is 4. The van der Waals surface area contributed by atoms with Gasteiger partial charge in [-0.25, -0.2) is 9.07 Å². The fourth-order valence-corrected chi connectivity index (χ4v) is 3.22. The number of benzene rings is 3. The molecule has 0 bridgehead atoms. The van der Waals surface area contributed by atoms with Crippen molar-refractivity contribution in [3.05, 3.63) is 76.6 Å². The lowest BCUT2D eigenvalue weighted by molar-refractivity contribution is 0.297. The molecule has 6 nitrogen and oxygen atoms in total. The summed E-state index contributed by atoms with van der Waals surface area (Å²) in [4.78, 5) is 0. The number of fused-ring (bicyclic) bond motifs is 1. The molecule has 0 aliphatic rings. The standard InChI is InChI=1S/C20H17ClFN5O/c1-27-20(24-25-26-27)23-11-15-14-6-3-2-5-13(14)9-10-19(15)28-12-16-17(21)7-4-8-18(16)22/h2-10H,11-12H2,1H3,(H,23,24,26). The molecule has 4 aromatic rings. The Kier molecular flexibility index (Phi) is 5.08. The lowest BCUT2D eigenvalue weighted by Crippen LogP contribution is -2.08. The van der Waals surface area contributed by atoms with Crippen LogP contribution in [-0.2, 0) is 20.2 Å².